The Labute approximate surface area is 159 Å². The lowest BCUT2D eigenvalue weighted by Gasteiger charge is -2.34. The lowest BCUT2D eigenvalue weighted by molar-refractivity contribution is -0.141. The molecule has 26 heavy (non-hydrogen) atoms. The number of benzene rings is 1. The zero-order valence-corrected chi connectivity index (χ0v) is 17.1. The van der Waals surface area contributed by atoms with Crippen molar-refractivity contribution in [3.63, 3.8) is 0 Å². The van der Waals surface area contributed by atoms with Crippen molar-refractivity contribution < 1.29 is 14.2 Å². The predicted octanol–water partition coefficient (Wildman–Crippen LogP) is 5.46. The van der Waals surface area contributed by atoms with Crippen molar-refractivity contribution in [1.29, 1.82) is 5.26 Å². The van der Waals surface area contributed by atoms with Gasteiger partial charge in [-0.25, -0.2) is 0 Å². The molecule has 0 aromatic heterocycles. The number of ether oxygens (including phenoxy) is 3. The van der Waals surface area contributed by atoms with Gasteiger partial charge in [-0.15, -0.1) is 0 Å². The summed E-state index contributed by atoms with van der Waals surface area (Å²) in [7, 11) is 0. The van der Waals surface area contributed by atoms with Crippen molar-refractivity contribution in [2.24, 2.45) is 5.92 Å². The van der Waals surface area contributed by atoms with E-state index < -0.39 is 5.41 Å². The maximum Gasteiger partial charge on any atom is 0.157 e. The van der Waals surface area contributed by atoms with E-state index in [9.17, 15) is 5.26 Å². The van der Waals surface area contributed by atoms with E-state index in [1.54, 1.807) is 0 Å². The minimum atomic E-state index is -0.630. The lowest BCUT2D eigenvalue weighted by Crippen LogP contribution is -2.33. The highest BCUT2D eigenvalue weighted by Gasteiger charge is 2.39. The molecule has 1 aromatic carbocycles. The third kappa shape index (κ3) is 6.00. The first-order chi connectivity index (χ1) is 12.6. The van der Waals surface area contributed by atoms with Crippen LogP contribution in [0.25, 0.3) is 0 Å². The lowest BCUT2D eigenvalue weighted by atomic mass is 9.69. The average molecular weight is 362 g/mol. The van der Waals surface area contributed by atoms with Crippen LogP contribution in [0.3, 0.4) is 0 Å². The Bertz CT molecular complexity index is 547. The fraction of sp³-hybridized carbons (Fsp3) is 0.682. The van der Waals surface area contributed by atoms with Crippen LogP contribution in [0.15, 0.2) is 24.3 Å². The maximum atomic E-state index is 10.2. The molecule has 0 fully saturated rings. The summed E-state index contributed by atoms with van der Waals surface area (Å²) < 4.78 is 17.4. The molecular weight excluding hydrogens is 326 g/mol. The minimum absolute atomic E-state index is 0.146. The summed E-state index contributed by atoms with van der Waals surface area (Å²) in [5.74, 6) is 0.966. The number of unbranched alkanes of at least 4 members (excludes halogenated alkanes) is 1. The summed E-state index contributed by atoms with van der Waals surface area (Å²) in [6.45, 7) is 12.1. The van der Waals surface area contributed by atoms with Crippen LogP contribution in [0.5, 0.6) is 5.75 Å². The van der Waals surface area contributed by atoms with Crippen molar-refractivity contribution >= 4 is 0 Å². The molecule has 0 spiro atoms. The third-order valence-electron chi connectivity index (χ3n) is 4.79. The van der Waals surface area contributed by atoms with E-state index >= 15 is 0 Å². The molecular formula is C22H35NO3. The molecule has 1 unspecified atom stereocenters. The molecule has 0 saturated heterocycles. The monoisotopic (exact) mass is 361 g/mol. The number of hydrogen-bond acceptors (Lipinski definition) is 4. The molecule has 0 heterocycles. The number of nitriles is 1. The first-order valence-electron chi connectivity index (χ1n) is 9.92. The zero-order valence-electron chi connectivity index (χ0n) is 17.1. The molecule has 0 aliphatic rings. The van der Waals surface area contributed by atoms with Gasteiger partial charge in [0.15, 0.2) is 6.29 Å². The van der Waals surface area contributed by atoms with Crippen LogP contribution in [0.2, 0.25) is 0 Å². The van der Waals surface area contributed by atoms with Gasteiger partial charge in [-0.05, 0) is 38.7 Å². The molecule has 0 saturated carbocycles. The second-order valence-electron chi connectivity index (χ2n) is 6.81. The standard InChI is InChI=1S/C22H35NO3/c1-6-9-16-26-20-13-11-10-12-19(20)22(17-23,18(4)5)15-14-21(24-7-2)25-8-3/h10-13,18,21H,6-9,14-16H2,1-5H3. The topological polar surface area (TPSA) is 51.5 Å². The van der Waals surface area contributed by atoms with Crippen LogP contribution in [0, 0.1) is 17.2 Å². The number of nitrogens with zero attached hydrogens (tertiary/aromatic N) is 1. The number of hydrogen-bond donors (Lipinski definition) is 0. The fourth-order valence-electron chi connectivity index (χ4n) is 3.20. The molecule has 0 amide bonds. The molecule has 0 aliphatic carbocycles. The van der Waals surface area contributed by atoms with Crippen LogP contribution in [-0.4, -0.2) is 26.1 Å². The Kier molecular flexibility index (Phi) is 10.3. The first kappa shape index (κ1) is 22.5. The van der Waals surface area contributed by atoms with E-state index in [1.807, 2.05) is 38.1 Å². The van der Waals surface area contributed by atoms with Gasteiger partial charge in [0.1, 0.15) is 5.75 Å². The van der Waals surface area contributed by atoms with E-state index in [2.05, 4.69) is 26.8 Å². The van der Waals surface area contributed by atoms with Gasteiger partial charge in [0.25, 0.3) is 0 Å². The molecule has 0 aliphatic heterocycles. The van der Waals surface area contributed by atoms with Crippen LogP contribution in [0.4, 0.5) is 0 Å². The van der Waals surface area contributed by atoms with Gasteiger partial charge in [0, 0.05) is 25.2 Å². The largest absolute Gasteiger partial charge is 0.493 e. The summed E-state index contributed by atoms with van der Waals surface area (Å²) in [5, 5.41) is 10.2. The quantitative estimate of drug-likeness (QED) is 0.346. The third-order valence-corrected chi connectivity index (χ3v) is 4.79. The molecule has 4 heteroatoms. The Morgan fingerprint density at radius 2 is 1.73 bits per heavy atom. The second-order valence-corrected chi connectivity index (χ2v) is 6.81. The average Bonchev–Trinajstić information content (AvgIpc) is 2.64. The molecule has 146 valence electrons. The molecule has 0 N–H and O–H groups in total. The smallest absolute Gasteiger partial charge is 0.157 e. The van der Waals surface area contributed by atoms with E-state index in [0.717, 1.165) is 24.2 Å². The highest BCUT2D eigenvalue weighted by molar-refractivity contribution is 5.44. The Morgan fingerprint density at radius 3 is 2.27 bits per heavy atom. The summed E-state index contributed by atoms with van der Waals surface area (Å²) >= 11 is 0. The molecule has 4 nitrogen and oxygen atoms in total. The summed E-state index contributed by atoms with van der Waals surface area (Å²) in [4.78, 5) is 0. The molecule has 0 radical (unpaired) electrons. The van der Waals surface area contributed by atoms with E-state index in [4.69, 9.17) is 14.2 Å². The van der Waals surface area contributed by atoms with Crippen molar-refractivity contribution in [2.75, 3.05) is 19.8 Å². The molecule has 1 aromatic rings. The second kappa shape index (κ2) is 11.9. The van der Waals surface area contributed by atoms with Gasteiger partial charge < -0.3 is 14.2 Å². The van der Waals surface area contributed by atoms with Crippen molar-refractivity contribution in [3.8, 4) is 11.8 Å². The van der Waals surface area contributed by atoms with Gasteiger partial charge >= 0.3 is 0 Å². The van der Waals surface area contributed by atoms with Gasteiger partial charge in [0.05, 0.1) is 18.1 Å². The van der Waals surface area contributed by atoms with Gasteiger partial charge in [0.2, 0.25) is 0 Å². The first-order valence-corrected chi connectivity index (χ1v) is 9.92. The Balaban J connectivity index is 3.11. The van der Waals surface area contributed by atoms with Gasteiger partial charge in [-0.3, -0.25) is 0 Å². The van der Waals surface area contributed by atoms with Crippen LogP contribution < -0.4 is 4.74 Å². The normalized spacial score (nSPS) is 13.6. The Hall–Kier alpha value is -1.57. The number of rotatable bonds is 13. The highest BCUT2D eigenvalue weighted by Crippen LogP contribution is 2.41. The fourth-order valence-corrected chi connectivity index (χ4v) is 3.20. The van der Waals surface area contributed by atoms with Gasteiger partial charge in [-0.2, -0.15) is 5.26 Å². The summed E-state index contributed by atoms with van der Waals surface area (Å²) in [5.41, 5.74) is 0.343. The summed E-state index contributed by atoms with van der Waals surface area (Å²) in [6, 6.07) is 10.6. The predicted molar refractivity (Wildman–Crippen MR) is 105 cm³/mol. The summed E-state index contributed by atoms with van der Waals surface area (Å²) in [6.07, 6.45) is 3.16. The van der Waals surface area contributed by atoms with Crippen LogP contribution in [-0.2, 0) is 14.9 Å². The van der Waals surface area contributed by atoms with Crippen molar-refractivity contribution in [1.82, 2.24) is 0 Å². The molecule has 0 bridgehead atoms. The highest BCUT2D eigenvalue weighted by atomic mass is 16.7. The number of para-hydroxylation sites is 1. The molecule has 1 atom stereocenters. The van der Waals surface area contributed by atoms with E-state index in [0.29, 0.717) is 32.7 Å². The maximum absolute atomic E-state index is 10.2. The zero-order chi connectivity index (χ0) is 19.4. The van der Waals surface area contributed by atoms with Crippen molar-refractivity contribution in [2.45, 2.75) is 72.0 Å². The van der Waals surface area contributed by atoms with E-state index in [1.165, 1.54) is 0 Å². The minimum Gasteiger partial charge on any atom is -0.493 e. The van der Waals surface area contributed by atoms with Crippen molar-refractivity contribution in [3.05, 3.63) is 29.8 Å². The SMILES string of the molecule is CCCCOc1ccccc1C(C#N)(CCC(OCC)OCC)C(C)C. The van der Waals surface area contributed by atoms with Crippen LogP contribution >= 0.6 is 0 Å². The van der Waals surface area contributed by atoms with Gasteiger partial charge in [-0.1, -0.05) is 45.4 Å². The molecule has 1 rings (SSSR count). The van der Waals surface area contributed by atoms with E-state index in [-0.39, 0.29) is 12.2 Å². The Morgan fingerprint density at radius 1 is 1.08 bits per heavy atom. The van der Waals surface area contributed by atoms with Crippen LogP contribution in [0.1, 0.15) is 65.9 Å².